The molecule has 0 bridgehead atoms. The van der Waals surface area contributed by atoms with Gasteiger partial charge in [0.2, 0.25) is 0 Å². The predicted octanol–water partition coefficient (Wildman–Crippen LogP) is 3.69. The van der Waals surface area contributed by atoms with Crippen molar-refractivity contribution in [3.63, 3.8) is 0 Å². The van der Waals surface area contributed by atoms with E-state index in [1.165, 1.54) is 5.56 Å². The van der Waals surface area contributed by atoms with E-state index in [0.717, 1.165) is 37.8 Å². The number of pyridine rings is 1. The summed E-state index contributed by atoms with van der Waals surface area (Å²) in [5.41, 5.74) is 2.33. The van der Waals surface area contributed by atoms with Gasteiger partial charge in [0.25, 0.3) is 0 Å². The first-order valence-electron chi connectivity index (χ1n) is 7.58. The minimum absolute atomic E-state index is 0.245. The minimum Gasteiger partial charge on any atom is -0.389 e. The summed E-state index contributed by atoms with van der Waals surface area (Å²) in [6.45, 7) is 6.87. The molecule has 1 aromatic heterocycles. The van der Waals surface area contributed by atoms with E-state index in [4.69, 9.17) is 0 Å². The molecule has 1 aromatic rings. The number of aliphatic hydroxyl groups is 1. The van der Waals surface area contributed by atoms with Gasteiger partial charge in [-0.25, -0.2) is 0 Å². The fourth-order valence-electron chi connectivity index (χ4n) is 4.31. The smallest absolute Gasteiger partial charge is 0.0757 e. The number of aromatic nitrogens is 1. The first kappa shape index (κ1) is 13.1. The van der Waals surface area contributed by atoms with E-state index in [1.807, 2.05) is 12.3 Å². The zero-order chi connectivity index (χ0) is 13.7. The minimum atomic E-state index is -0.547. The Kier molecular flexibility index (Phi) is 2.97. The van der Waals surface area contributed by atoms with Crippen molar-refractivity contribution < 1.29 is 5.11 Å². The van der Waals surface area contributed by atoms with Gasteiger partial charge in [0.15, 0.2) is 0 Å². The maximum atomic E-state index is 11.3. The molecule has 2 nitrogen and oxygen atoms in total. The zero-order valence-corrected chi connectivity index (χ0v) is 12.3. The Balaban J connectivity index is 1.91. The molecule has 0 amide bonds. The Morgan fingerprint density at radius 3 is 2.84 bits per heavy atom. The second-order valence-electron chi connectivity index (χ2n) is 7.40. The lowest BCUT2D eigenvalue weighted by Gasteiger charge is -2.48. The van der Waals surface area contributed by atoms with Crippen LogP contribution in [0.4, 0.5) is 0 Å². The number of hydrogen-bond donors (Lipinski definition) is 1. The van der Waals surface area contributed by atoms with Gasteiger partial charge in [-0.15, -0.1) is 0 Å². The van der Waals surface area contributed by atoms with Crippen molar-refractivity contribution in [2.45, 2.75) is 64.4 Å². The number of nitrogens with zero attached hydrogens (tertiary/aromatic N) is 1. The van der Waals surface area contributed by atoms with Crippen LogP contribution in [0.3, 0.4) is 0 Å². The molecule has 0 aromatic carbocycles. The summed E-state index contributed by atoms with van der Waals surface area (Å²) in [4.78, 5) is 4.57. The van der Waals surface area contributed by atoms with Crippen LogP contribution >= 0.6 is 0 Å². The molecule has 3 rings (SSSR count). The molecule has 0 aliphatic heterocycles. The Morgan fingerprint density at radius 1 is 1.32 bits per heavy atom. The Morgan fingerprint density at radius 2 is 2.11 bits per heavy atom. The second kappa shape index (κ2) is 4.31. The molecule has 104 valence electrons. The molecular formula is C17H25NO. The van der Waals surface area contributed by atoms with E-state index < -0.39 is 5.60 Å². The van der Waals surface area contributed by atoms with E-state index in [9.17, 15) is 5.11 Å². The highest BCUT2D eigenvalue weighted by Gasteiger charge is 2.49. The summed E-state index contributed by atoms with van der Waals surface area (Å²) in [6, 6.07) is 4.18. The van der Waals surface area contributed by atoms with Gasteiger partial charge in [-0.2, -0.15) is 0 Å². The van der Waals surface area contributed by atoms with Crippen molar-refractivity contribution in [2.24, 2.45) is 11.3 Å². The van der Waals surface area contributed by atoms with E-state index in [1.54, 1.807) is 0 Å². The summed E-state index contributed by atoms with van der Waals surface area (Å²) < 4.78 is 0. The van der Waals surface area contributed by atoms with Crippen LogP contribution in [0.15, 0.2) is 18.3 Å². The zero-order valence-electron chi connectivity index (χ0n) is 12.3. The third-order valence-corrected chi connectivity index (χ3v) is 5.48. The summed E-state index contributed by atoms with van der Waals surface area (Å²) in [7, 11) is 0. The number of fused-ring (bicyclic) bond motifs is 1. The average Bonchev–Trinajstić information content (AvgIpc) is 2.78. The van der Waals surface area contributed by atoms with Gasteiger partial charge in [0.05, 0.1) is 5.60 Å². The van der Waals surface area contributed by atoms with Crippen LogP contribution in [0.2, 0.25) is 0 Å². The third-order valence-electron chi connectivity index (χ3n) is 5.48. The fourth-order valence-corrected chi connectivity index (χ4v) is 4.31. The van der Waals surface area contributed by atoms with Crippen LogP contribution in [0.25, 0.3) is 0 Å². The van der Waals surface area contributed by atoms with Crippen molar-refractivity contribution in [2.75, 3.05) is 0 Å². The first-order chi connectivity index (χ1) is 8.92. The summed E-state index contributed by atoms with van der Waals surface area (Å²) in [6.07, 6.45) is 7.16. The van der Waals surface area contributed by atoms with E-state index in [0.29, 0.717) is 11.3 Å². The quantitative estimate of drug-likeness (QED) is 0.834. The molecule has 2 aliphatic rings. The Bertz CT molecular complexity index is 482. The van der Waals surface area contributed by atoms with Crippen molar-refractivity contribution in [1.29, 1.82) is 0 Å². The van der Waals surface area contributed by atoms with Gasteiger partial charge in [0.1, 0.15) is 0 Å². The monoisotopic (exact) mass is 259 g/mol. The van der Waals surface area contributed by atoms with Crippen LogP contribution in [-0.2, 0) is 6.42 Å². The van der Waals surface area contributed by atoms with Crippen molar-refractivity contribution in [3.05, 3.63) is 29.6 Å². The number of rotatable bonds is 1. The lowest BCUT2D eigenvalue weighted by molar-refractivity contribution is -0.0909. The van der Waals surface area contributed by atoms with E-state index >= 15 is 0 Å². The van der Waals surface area contributed by atoms with Crippen LogP contribution < -0.4 is 0 Å². The molecule has 1 heterocycles. The lowest BCUT2D eigenvalue weighted by atomic mass is 9.61. The van der Waals surface area contributed by atoms with Gasteiger partial charge < -0.3 is 5.11 Å². The fraction of sp³-hybridized carbons (Fsp3) is 0.706. The van der Waals surface area contributed by atoms with E-state index in [2.05, 4.69) is 31.8 Å². The summed E-state index contributed by atoms with van der Waals surface area (Å²) in [5.74, 6) is 0.601. The van der Waals surface area contributed by atoms with Crippen molar-refractivity contribution in [3.8, 4) is 0 Å². The third kappa shape index (κ3) is 2.10. The maximum absolute atomic E-state index is 11.3. The largest absolute Gasteiger partial charge is 0.389 e. The highest BCUT2D eigenvalue weighted by atomic mass is 16.3. The van der Waals surface area contributed by atoms with Crippen molar-refractivity contribution >= 4 is 0 Å². The molecule has 0 saturated heterocycles. The standard InChI is InChI=1S/C17H25NO/c1-12-11-16(2,3)8-9-17(12,19)14-7-6-13-5-4-10-18-15(13)14/h4-5,10,12,14,19H,6-9,11H2,1-3H3. The van der Waals surface area contributed by atoms with E-state index in [-0.39, 0.29) is 5.92 Å². The topological polar surface area (TPSA) is 33.1 Å². The molecule has 2 aliphatic carbocycles. The van der Waals surface area contributed by atoms with Gasteiger partial charge >= 0.3 is 0 Å². The second-order valence-corrected chi connectivity index (χ2v) is 7.40. The molecule has 1 N–H and O–H groups in total. The SMILES string of the molecule is CC1CC(C)(C)CCC1(O)C1CCc2cccnc21. The average molecular weight is 259 g/mol. The number of aryl methyl sites for hydroxylation is 1. The van der Waals surface area contributed by atoms with Crippen LogP contribution in [0, 0.1) is 11.3 Å². The van der Waals surface area contributed by atoms with Crippen LogP contribution in [0.5, 0.6) is 0 Å². The van der Waals surface area contributed by atoms with Crippen molar-refractivity contribution in [1.82, 2.24) is 4.98 Å². The van der Waals surface area contributed by atoms with Gasteiger partial charge in [-0.1, -0.05) is 26.8 Å². The highest BCUT2D eigenvalue weighted by molar-refractivity contribution is 5.31. The van der Waals surface area contributed by atoms with Gasteiger partial charge in [-0.3, -0.25) is 4.98 Å². The Labute approximate surface area is 116 Å². The first-order valence-corrected chi connectivity index (χ1v) is 7.58. The normalized spacial score (nSPS) is 37.1. The molecule has 3 unspecified atom stereocenters. The highest BCUT2D eigenvalue weighted by Crippen LogP contribution is 2.52. The van der Waals surface area contributed by atoms with Crippen LogP contribution in [0.1, 0.15) is 63.6 Å². The molecule has 3 atom stereocenters. The van der Waals surface area contributed by atoms with Crippen LogP contribution in [-0.4, -0.2) is 15.7 Å². The lowest BCUT2D eigenvalue weighted by Crippen LogP contribution is -2.48. The molecule has 1 saturated carbocycles. The summed E-state index contributed by atoms with van der Waals surface area (Å²) >= 11 is 0. The van der Waals surface area contributed by atoms with Gasteiger partial charge in [0, 0.05) is 17.8 Å². The van der Waals surface area contributed by atoms with Gasteiger partial charge in [-0.05, 0) is 55.1 Å². The molecule has 2 heteroatoms. The molecular weight excluding hydrogens is 234 g/mol. The molecule has 0 radical (unpaired) electrons. The number of hydrogen-bond acceptors (Lipinski definition) is 2. The molecule has 19 heavy (non-hydrogen) atoms. The Hall–Kier alpha value is -0.890. The predicted molar refractivity (Wildman–Crippen MR) is 77.0 cm³/mol. The summed E-state index contributed by atoms with van der Waals surface area (Å²) in [5, 5.41) is 11.3. The molecule has 1 fully saturated rings. The maximum Gasteiger partial charge on any atom is 0.0757 e. The molecule has 0 spiro atoms.